The zero-order valence-corrected chi connectivity index (χ0v) is 15.1. The monoisotopic (exact) mass is 365 g/mol. The number of ether oxygens (including phenoxy) is 2. The number of fused-ring (bicyclic) bond motifs is 2. The van der Waals surface area contributed by atoms with Crippen LogP contribution in [0.1, 0.15) is 12.8 Å². The molecule has 7 heteroatoms. The number of nitrogens with zero attached hydrogens (tertiary/aromatic N) is 3. The van der Waals surface area contributed by atoms with Gasteiger partial charge in [-0.2, -0.15) is 0 Å². The van der Waals surface area contributed by atoms with Gasteiger partial charge in [0.05, 0.1) is 30.6 Å². The standard InChI is InChI=1S/C20H23N5O2/c21-20(24-15-7-8-18-19(13-15)27-12-4-11-26-18)22-9-3-10-25-14-23-16-5-1-2-6-17(16)25/h1-2,5-8,13-14H,3-4,9-12H2,(H3,21,22,24). The number of aromatic nitrogens is 2. The second kappa shape index (κ2) is 7.99. The highest BCUT2D eigenvalue weighted by Gasteiger charge is 2.10. The first-order valence-electron chi connectivity index (χ1n) is 9.16. The number of benzene rings is 2. The first kappa shape index (κ1) is 17.2. The van der Waals surface area contributed by atoms with Gasteiger partial charge in [-0.1, -0.05) is 12.1 Å². The van der Waals surface area contributed by atoms with Crippen molar-refractivity contribution in [1.29, 1.82) is 0 Å². The van der Waals surface area contributed by atoms with Crippen LogP contribution in [0.2, 0.25) is 0 Å². The van der Waals surface area contributed by atoms with E-state index in [9.17, 15) is 0 Å². The summed E-state index contributed by atoms with van der Waals surface area (Å²) in [5.74, 6) is 1.89. The first-order chi connectivity index (χ1) is 13.3. The van der Waals surface area contributed by atoms with Crippen molar-refractivity contribution in [3.63, 3.8) is 0 Å². The van der Waals surface area contributed by atoms with Crippen LogP contribution in [-0.2, 0) is 6.54 Å². The lowest BCUT2D eigenvalue weighted by molar-refractivity contribution is 0.297. The predicted octanol–water partition coefficient (Wildman–Crippen LogP) is 3.01. The lowest BCUT2D eigenvalue weighted by atomic mass is 10.3. The Hall–Kier alpha value is -3.22. The predicted molar refractivity (Wildman–Crippen MR) is 107 cm³/mol. The van der Waals surface area contributed by atoms with Crippen LogP contribution in [0.15, 0.2) is 53.8 Å². The molecule has 2 aromatic carbocycles. The maximum Gasteiger partial charge on any atom is 0.193 e. The molecule has 0 spiro atoms. The Balaban J connectivity index is 1.31. The number of nitrogens with two attached hydrogens (primary N) is 1. The van der Waals surface area contributed by atoms with Crippen LogP contribution in [0.4, 0.5) is 5.69 Å². The molecule has 1 aliphatic rings. The van der Waals surface area contributed by atoms with Gasteiger partial charge in [0, 0.05) is 31.3 Å². The Morgan fingerprint density at radius 2 is 2.00 bits per heavy atom. The molecule has 0 fully saturated rings. The molecular weight excluding hydrogens is 342 g/mol. The third-order valence-electron chi connectivity index (χ3n) is 4.39. The minimum absolute atomic E-state index is 0.389. The lowest BCUT2D eigenvalue weighted by Gasteiger charge is -2.10. The molecule has 4 rings (SSSR count). The third-order valence-corrected chi connectivity index (χ3v) is 4.39. The van der Waals surface area contributed by atoms with Gasteiger partial charge < -0.3 is 25.1 Å². The minimum Gasteiger partial charge on any atom is -0.490 e. The van der Waals surface area contributed by atoms with Gasteiger partial charge in [0.25, 0.3) is 0 Å². The normalized spacial score (nSPS) is 14.1. The smallest absolute Gasteiger partial charge is 0.193 e. The van der Waals surface area contributed by atoms with Gasteiger partial charge in [-0.15, -0.1) is 0 Å². The van der Waals surface area contributed by atoms with Gasteiger partial charge in [0.15, 0.2) is 17.5 Å². The number of aliphatic imine (C=N–C) groups is 1. The highest BCUT2D eigenvalue weighted by Crippen LogP contribution is 2.32. The molecule has 1 aromatic heterocycles. The molecule has 0 aliphatic carbocycles. The Morgan fingerprint density at radius 1 is 1.15 bits per heavy atom. The molecular formula is C20H23N5O2. The number of anilines is 1. The quantitative estimate of drug-likeness (QED) is 0.412. The highest BCUT2D eigenvalue weighted by atomic mass is 16.5. The molecule has 2 heterocycles. The van der Waals surface area contributed by atoms with E-state index in [4.69, 9.17) is 15.2 Å². The second-order valence-electron chi connectivity index (χ2n) is 6.38. The van der Waals surface area contributed by atoms with E-state index in [1.165, 1.54) is 0 Å². The SMILES string of the molecule is NC(=NCCCn1cnc2ccccc21)Nc1ccc2c(c1)OCCCO2. The largest absolute Gasteiger partial charge is 0.490 e. The summed E-state index contributed by atoms with van der Waals surface area (Å²) in [6, 6.07) is 13.8. The van der Waals surface area contributed by atoms with Gasteiger partial charge in [0.2, 0.25) is 0 Å². The Labute approximate surface area is 157 Å². The molecule has 0 radical (unpaired) electrons. The summed E-state index contributed by atoms with van der Waals surface area (Å²) in [7, 11) is 0. The lowest BCUT2D eigenvalue weighted by Crippen LogP contribution is -2.23. The summed E-state index contributed by atoms with van der Waals surface area (Å²) in [4.78, 5) is 8.81. The number of hydrogen-bond donors (Lipinski definition) is 2. The topological polar surface area (TPSA) is 86.7 Å². The van der Waals surface area contributed by atoms with Crippen LogP contribution in [0.25, 0.3) is 11.0 Å². The highest BCUT2D eigenvalue weighted by molar-refractivity contribution is 5.92. The van der Waals surface area contributed by atoms with E-state index in [1.54, 1.807) is 0 Å². The zero-order chi connectivity index (χ0) is 18.5. The fourth-order valence-corrected chi connectivity index (χ4v) is 3.06. The van der Waals surface area contributed by atoms with Crippen LogP contribution in [0.3, 0.4) is 0 Å². The van der Waals surface area contributed by atoms with Crippen molar-refractivity contribution in [3.8, 4) is 11.5 Å². The van der Waals surface area contributed by atoms with Crippen molar-refractivity contribution >= 4 is 22.7 Å². The van der Waals surface area contributed by atoms with Crippen LogP contribution in [0.5, 0.6) is 11.5 Å². The number of aryl methyl sites for hydroxylation is 1. The van der Waals surface area contributed by atoms with Gasteiger partial charge >= 0.3 is 0 Å². The molecule has 140 valence electrons. The summed E-state index contributed by atoms with van der Waals surface area (Å²) >= 11 is 0. The third kappa shape index (κ3) is 4.13. The van der Waals surface area contributed by atoms with Crippen LogP contribution in [0, 0.1) is 0 Å². The van der Waals surface area contributed by atoms with Crippen LogP contribution in [-0.4, -0.2) is 35.3 Å². The van der Waals surface area contributed by atoms with Crippen LogP contribution >= 0.6 is 0 Å². The Bertz CT molecular complexity index is 950. The number of hydrogen-bond acceptors (Lipinski definition) is 4. The summed E-state index contributed by atoms with van der Waals surface area (Å²) in [6.45, 7) is 2.82. The van der Waals surface area contributed by atoms with Gasteiger partial charge in [-0.25, -0.2) is 4.98 Å². The zero-order valence-electron chi connectivity index (χ0n) is 15.1. The number of imidazole rings is 1. The van der Waals surface area contributed by atoms with E-state index in [0.717, 1.165) is 47.6 Å². The van der Waals surface area contributed by atoms with E-state index in [-0.39, 0.29) is 0 Å². The first-order valence-corrected chi connectivity index (χ1v) is 9.16. The maximum atomic E-state index is 6.01. The molecule has 7 nitrogen and oxygen atoms in total. The van der Waals surface area contributed by atoms with E-state index in [2.05, 4.69) is 25.9 Å². The molecule has 0 atom stereocenters. The fraction of sp³-hybridized carbons (Fsp3) is 0.300. The van der Waals surface area contributed by atoms with Crippen molar-refractivity contribution in [3.05, 3.63) is 48.8 Å². The summed E-state index contributed by atoms with van der Waals surface area (Å²) in [5, 5.41) is 3.11. The number of guanidine groups is 1. The Morgan fingerprint density at radius 3 is 2.93 bits per heavy atom. The van der Waals surface area contributed by atoms with Crippen molar-refractivity contribution in [2.24, 2.45) is 10.7 Å². The fourth-order valence-electron chi connectivity index (χ4n) is 3.06. The minimum atomic E-state index is 0.389. The van der Waals surface area contributed by atoms with E-state index >= 15 is 0 Å². The van der Waals surface area contributed by atoms with E-state index in [0.29, 0.717) is 25.7 Å². The second-order valence-corrected chi connectivity index (χ2v) is 6.38. The number of nitrogens with one attached hydrogen (secondary N) is 1. The van der Waals surface area contributed by atoms with Crippen molar-refractivity contribution < 1.29 is 9.47 Å². The molecule has 0 unspecified atom stereocenters. The molecule has 0 saturated heterocycles. The average Bonchev–Trinajstić information content (AvgIpc) is 2.94. The summed E-state index contributed by atoms with van der Waals surface area (Å²) in [5.41, 5.74) is 8.99. The molecule has 0 saturated carbocycles. The summed E-state index contributed by atoms with van der Waals surface area (Å²) < 4.78 is 13.5. The van der Waals surface area contributed by atoms with Gasteiger partial charge in [-0.05, 0) is 30.7 Å². The van der Waals surface area contributed by atoms with Crippen molar-refractivity contribution in [2.75, 3.05) is 25.1 Å². The number of para-hydroxylation sites is 2. The van der Waals surface area contributed by atoms with E-state index in [1.807, 2.05) is 42.7 Å². The summed E-state index contributed by atoms with van der Waals surface area (Å²) in [6.07, 6.45) is 3.63. The number of rotatable bonds is 5. The Kier molecular flexibility index (Phi) is 5.09. The molecule has 3 aromatic rings. The molecule has 0 amide bonds. The average molecular weight is 365 g/mol. The molecule has 27 heavy (non-hydrogen) atoms. The maximum absolute atomic E-state index is 6.01. The molecule has 1 aliphatic heterocycles. The van der Waals surface area contributed by atoms with E-state index < -0.39 is 0 Å². The van der Waals surface area contributed by atoms with Crippen molar-refractivity contribution in [1.82, 2.24) is 9.55 Å². The molecule has 0 bridgehead atoms. The molecule has 3 N–H and O–H groups in total. The van der Waals surface area contributed by atoms with Crippen molar-refractivity contribution in [2.45, 2.75) is 19.4 Å². The van der Waals surface area contributed by atoms with Crippen LogP contribution < -0.4 is 20.5 Å². The van der Waals surface area contributed by atoms with Gasteiger partial charge in [-0.3, -0.25) is 4.99 Å². The van der Waals surface area contributed by atoms with Gasteiger partial charge in [0.1, 0.15) is 0 Å².